The highest BCUT2D eigenvalue weighted by Gasteiger charge is 2.28. The zero-order chi connectivity index (χ0) is 24.6. The van der Waals surface area contributed by atoms with E-state index in [1.165, 1.54) is 7.11 Å². The molecule has 1 aromatic carbocycles. The topological polar surface area (TPSA) is 76.4 Å². The Balaban J connectivity index is 1.78. The van der Waals surface area contributed by atoms with Crippen LogP contribution >= 0.6 is 0 Å². The fourth-order valence-corrected chi connectivity index (χ4v) is 4.50. The first-order valence-electron chi connectivity index (χ1n) is 11.4. The number of methoxy groups -OCH3 is 1. The summed E-state index contributed by atoms with van der Waals surface area (Å²) >= 11 is 0. The quantitative estimate of drug-likeness (QED) is 0.589. The van der Waals surface area contributed by atoms with Crippen LogP contribution in [-0.4, -0.2) is 78.2 Å². The van der Waals surface area contributed by atoms with E-state index >= 15 is 0 Å². The fraction of sp³-hybridized carbons (Fsp3) is 0.423. The Kier molecular flexibility index (Phi) is 6.61. The molecule has 0 saturated carbocycles. The summed E-state index contributed by atoms with van der Waals surface area (Å²) in [6.45, 7) is 7.45. The predicted molar refractivity (Wildman–Crippen MR) is 130 cm³/mol. The van der Waals surface area contributed by atoms with E-state index < -0.39 is 0 Å². The molecule has 8 nitrogen and oxygen atoms in total. The molecule has 180 valence electrons. The summed E-state index contributed by atoms with van der Waals surface area (Å²) in [6, 6.07) is 8.11. The minimum atomic E-state index is -0.338. The minimum absolute atomic E-state index is 0.0171. The van der Waals surface area contributed by atoms with Crippen LogP contribution in [0.4, 0.5) is 4.79 Å². The highest BCUT2D eigenvalue weighted by Crippen LogP contribution is 2.32. The zero-order valence-electron chi connectivity index (χ0n) is 20.7. The van der Waals surface area contributed by atoms with Crippen molar-refractivity contribution in [3.05, 3.63) is 58.4 Å². The van der Waals surface area contributed by atoms with E-state index in [1.54, 1.807) is 23.9 Å². The number of hydrogen-bond donors (Lipinski definition) is 0. The van der Waals surface area contributed by atoms with Gasteiger partial charge in [-0.15, -0.1) is 0 Å². The Morgan fingerprint density at radius 1 is 1.18 bits per heavy atom. The predicted octanol–water partition coefficient (Wildman–Crippen LogP) is 3.64. The molecule has 3 aromatic rings. The molecule has 0 aliphatic carbocycles. The van der Waals surface area contributed by atoms with Crippen LogP contribution in [0.1, 0.15) is 32.7 Å². The number of morpholine rings is 1. The lowest BCUT2D eigenvalue weighted by Crippen LogP contribution is -2.46. The number of benzene rings is 1. The second kappa shape index (κ2) is 9.46. The van der Waals surface area contributed by atoms with Crippen LogP contribution in [0.3, 0.4) is 0 Å². The number of pyridine rings is 1. The molecule has 1 atom stereocenters. The summed E-state index contributed by atoms with van der Waals surface area (Å²) in [5.41, 5.74) is 7.44. The first-order chi connectivity index (χ1) is 16.2. The molecule has 0 radical (unpaired) electrons. The van der Waals surface area contributed by atoms with Crippen molar-refractivity contribution in [3.8, 4) is 11.3 Å². The number of aromatic nitrogens is 2. The number of fused-ring (bicyclic) bond motifs is 1. The molecule has 1 aliphatic heterocycles. The molecule has 0 spiro atoms. The molecule has 34 heavy (non-hydrogen) atoms. The van der Waals surface area contributed by atoms with E-state index in [4.69, 9.17) is 14.5 Å². The highest BCUT2D eigenvalue weighted by atomic mass is 16.5. The monoisotopic (exact) mass is 464 g/mol. The smallest absolute Gasteiger partial charge is 0.409 e. The van der Waals surface area contributed by atoms with Crippen LogP contribution in [-0.2, 0) is 15.9 Å². The Hall–Kier alpha value is -3.39. The van der Waals surface area contributed by atoms with Gasteiger partial charge in [-0.3, -0.25) is 4.79 Å². The normalized spacial score (nSPS) is 16.1. The Labute approximate surface area is 200 Å². The van der Waals surface area contributed by atoms with Gasteiger partial charge in [-0.1, -0.05) is 0 Å². The third kappa shape index (κ3) is 4.50. The van der Waals surface area contributed by atoms with Crippen molar-refractivity contribution in [2.75, 3.05) is 40.9 Å². The minimum Gasteiger partial charge on any atom is -0.453 e. The SMILES string of the molecule is COC(=O)N1CCO[C@@H](Cc2c(-c3cc(C)c(C(=O)N(C)C)cc3C)nc3cc(C)ccn23)C1. The molecular weight excluding hydrogens is 432 g/mol. The lowest BCUT2D eigenvalue weighted by Gasteiger charge is -2.32. The van der Waals surface area contributed by atoms with Crippen molar-refractivity contribution in [1.82, 2.24) is 19.2 Å². The maximum absolute atomic E-state index is 12.6. The van der Waals surface area contributed by atoms with Gasteiger partial charge in [-0.25, -0.2) is 9.78 Å². The van der Waals surface area contributed by atoms with Crippen molar-refractivity contribution in [2.45, 2.75) is 33.3 Å². The van der Waals surface area contributed by atoms with Crippen molar-refractivity contribution < 1.29 is 19.1 Å². The largest absolute Gasteiger partial charge is 0.453 e. The first-order valence-corrected chi connectivity index (χ1v) is 11.4. The Bertz CT molecular complexity index is 1250. The number of carbonyl (C=O) groups excluding carboxylic acids is 2. The van der Waals surface area contributed by atoms with E-state index in [1.807, 2.05) is 39.1 Å². The maximum Gasteiger partial charge on any atom is 0.409 e. The molecule has 0 N–H and O–H groups in total. The van der Waals surface area contributed by atoms with Crippen molar-refractivity contribution in [2.24, 2.45) is 0 Å². The molecule has 8 heteroatoms. The summed E-state index contributed by atoms with van der Waals surface area (Å²) in [6.07, 6.45) is 2.10. The van der Waals surface area contributed by atoms with E-state index in [0.717, 1.165) is 39.3 Å². The zero-order valence-corrected chi connectivity index (χ0v) is 20.7. The number of nitrogens with zero attached hydrogens (tertiary/aromatic N) is 4. The second-order valence-electron chi connectivity index (χ2n) is 9.13. The van der Waals surface area contributed by atoms with Gasteiger partial charge >= 0.3 is 6.09 Å². The molecule has 1 saturated heterocycles. The molecule has 2 amide bonds. The van der Waals surface area contributed by atoms with Gasteiger partial charge in [0, 0.05) is 44.4 Å². The van der Waals surface area contributed by atoms with E-state index in [0.29, 0.717) is 31.7 Å². The van der Waals surface area contributed by atoms with Crippen molar-refractivity contribution in [1.29, 1.82) is 0 Å². The standard InChI is InChI=1S/C26H32N4O4/c1-16-7-8-30-22(14-19-15-29(9-10-34-19)26(32)33-6)24(27-23(30)11-16)20-12-18(3)21(13-17(20)2)25(31)28(4)5/h7-8,11-13,19H,9-10,14-15H2,1-6H3/t19-/m0/s1. The summed E-state index contributed by atoms with van der Waals surface area (Å²) in [4.78, 5) is 33.0. The summed E-state index contributed by atoms with van der Waals surface area (Å²) in [5, 5.41) is 0. The molecular formula is C26H32N4O4. The van der Waals surface area contributed by atoms with E-state index in [-0.39, 0.29) is 18.1 Å². The number of carbonyl (C=O) groups is 2. The first kappa shape index (κ1) is 23.8. The summed E-state index contributed by atoms with van der Waals surface area (Å²) in [5.74, 6) is -0.0171. The van der Waals surface area contributed by atoms with Crippen LogP contribution in [0.15, 0.2) is 30.5 Å². The number of hydrogen-bond acceptors (Lipinski definition) is 5. The van der Waals surface area contributed by atoms with Crippen LogP contribution < -0.4 is 0 Å². The highest BCUT2D eigenvalue weighted by molar-refractivity contribution is 5.96. The van der Waals surface area contributed by atoms with Gasteiger partial charge in [-0.05, 0) is 61.7 Å². The van der Waals surface area contributed by atoms with Crippen LogP contribution in [0.5, 0.6) is 0 Å². The average molecular weight is 465 g/mol. The van der Waals surface area contributed by atoms with Gasteiger partial charge in [-0.2, -0.15) is 0 Å². The van der Waals surface area contributed by atoms with Crippen LogP contribution in [0.2, 0.25) is 0 Å². The van der Waals surface area contributed by atoms with Gasteiger partial charge in [0.05, 0.1) is 37.8 Å². The summed E-state index contributed by atoms with van der Waals surface area (Å²) in [7, 11) is 4.91. The molecule has 3 heterocycles. The Morgan fingerprint density at radius 2 is 1.94 bits per heavy atom. The summed E-state index contributed by atoms with van der Waals surface area (Å²) < 4.78 is 13.0. The Morgan fingerprint density at radius 3 is 2.65 bits per heavy atom. The van der Waals surface area contributed by atoms with E-state index in [9.17, 15) is 9.59 Å². The third-order valence-electron chi connectivity index (χ3n) is 6.34. The van der Waals surface area contributed by atoms with Gasteiger partial charge in [0.15, 0.2) is 0 Å². The number of imidazole rings is 1. The average Bonchev–Trinajstić information content (AvgIpc) is 3.16. The van der Waals surface area contributed by atoms with Gasteiger partial charge in [0.1, 0.15) is 5.65 Å². The molecule has 1 fully saturated rings. The lowest BCUT2D eigenvalue weighted by atomic mass is 9.95. The van der Waals surface area contributed by atoms with Gasteiger partial charge < -0.3 is 23.7 Å². The molecule has 0 unspecified atom stereocenters. The number of ether oxygens (including phenoxy) is 2. The van der Waals surface area contributed by atoms with Crippen LogP contribution in [0, 0.1) is 20.8 Å². The van der Waals surface area contributed by atoms with Crippen molar-refractivity contribution in [3.63, 3.8) is 0 Å². The third-order valence-corrected chi connectivity index (χ3v) is 6.34. The van der Waals surface area contributed by atoms with Crippen molar-refractivity contribution >= 4 is 17.6 Å². The fourth-order valence-electron chi connectivity index (χ4n) is 4.50. The van der Waals surface area contributed by atoms with Gasteiger partial charge in [0.25, 0.3) is 5.91 Å². The van der Waals surface area contributed by atoms with Gasteiger partial charge in [0.2, 0.25) is 0 Å². The lowest BCUT2D eigenvalue weighted by molar-refractivity contribution is -0.0241. The molecule has 2 aromatic heterocycles. The van der Waals surface area contributed by atoms with Crippen LogP contribution in [0.25, 0.3) is 16.9 Å². The maximum atomic E-state index is 12.6. The number of rotatable bonds is 4. The molecule has 4 rings (SSSR count). The molecule has 1 aliphatic rings. The number of amides is 2. The number of aryl methyl sites for hydroxylation is 3. The second-order valence-corrected chi connectivity index (χ2v) is 9.13. The molecule has 0 bridgehead atoms. The van der Waals surface area contributed by atoms with E-state index in [2.05, 4.69) is 16.5 Å².